The summed E-state index contributed by atoms with van der Waals surface area (Å²) < 4.78 is 0. The second-order valence-corrected chi connectivity index (χ2v) is 3.60. The molecule has 1 heteroatoms. The Morgan fingerprint density at radius 3 is 2.83 bits per heavy atom. The maximum atomic E-state index is 3.42. The Labute approximate surface area is 84.6 Å². The molecule has 0 heterocycles. The van der Waals surface area contributed by atoms with Crippen molar-refractivity contribution in [2.24, 2.45) is 0 Å². The molecule has 0 rings (SSSR count). The Kier molecular flexibility index (Phi) is 8.71. The molecule has 0 aromatic carbocycles. The maximum absolute atomic E-state index is 3.42. The summed E-state index contributed by atoms with van der Waals surface area (Å²) in [6, 6.07) is 0. The van der Waals surface area contributed by atoms with Crippen LogP contribution in [0.25, 0.3) is 0 Å². The molecule has 0 fully saturated rings. The number of hydrogen-bond donors (Lipinski definition) is 0. The van der Waals surface area contributed by atoms with Crippen LogP contribution in [-0.4, -0.2) is 5.33 Å². The highest BCUT2D eigenvalue weighted by Crippen LogP contribution is 2.07. The average molecular weight is 229 g/mol. The highest BCUT2D eigenvalue weighted by Gasteiger charge is 1.88. The van der Waals surface area contributed by atoms with E-state index in [2.05, 4.69) is 40.8 Å². The minimum absolute atomic E-state index is 1.00. The Hall–Kier alpha value is -0.220. The number of alkyl halides is 1. The van der Waals surface area contributed by atoms with Crippen molar-refractivity contribution in [2.75, 3.05) is 5.33 Å². The highest BCUT2D eigenvalue weighted by molar-refractivity contribution is 9.09. The summed E-state index contributed by atoms with van der Waals surface area (Å²) in [5, 5.41) is 1.10. The van der Waals surface area contributed by atoms with Crippen molar-refractivity contribution in [3.63, 3.8) is 0 Å². The fourth-order valence-corrected chi connectivity index (χ4v) is 1.24. The van der Waals surface area contributed by atoms with E-state index in [1.807, 2.05) is 6.92 Å². The molecule has 0 aliphatic carbocycles. The van der Waals surface area contributed by atoms with E-state index in [1.54, 1.807) is 0 Å². The molecule has 0 spiro atoms. The zero-order valence-electron chi connectivity index (χ0n) is 7.99. The first-order chi connectivity index (χ1) is 5.81. The first-order valence-electron chi connectivity index (χ1n) is 4.42. The van der Waals surface area contributed by atoms with E-state index >= 15 is 0 Å². The topological polar surface area (TPSA) is 0 Å². The molecule has 0 bridgehead atoms. The third-order valence-corrected chi connectivity index (χ3v) is 2.20. The van der Waals surface area contributed by atoms with Gasteiger partial charge >= 0.3 is 0 Å². The van der Waals surface area contributed by atoms with Gasteiger partial charge in [0.15, 0.2) is 0 Å². The van der Waals surface area contributed by atoms with Crippen molar-refractivity contribution in [1.29, 1.82) is 0 Å². The molecular formula is C11H17Br. The lowest BCUT2D eigenvalue weighted by molar-refractivity contribution is 0.904. The summed E-state index contributed by atoms with van der Waals surface area (Å²) in [5.74, 6) is 5.95. The smallest absolute Gasteiger partial charge is 0.0123 e. The molecule has 0 aliphatic rings. The average Bonchev–Trinajstić information content (AvgIpc) is 2.09. The van der Waals surface area contributed by atoms with Gasteiger partial charge in [-0.2, -0.15) is 0 Å². The van der Waals surface area contributed by atoms with Crippen LogP contribution in [0, 0.1) is 11.8 Å². The van der Waals surface area contributed by atoms with Crippen LogP contribution in [0.1, 0.15) is 39.5 Å². The lowest BCUT2D eigenvalue weighted by atomic mass is 10.1. The van der Waals surface area contributed by atoms with E-state index in [4.69, 9.17) is 0 Å². The zero-order valence-corrected chi connectivity index (χ0v) is 9.58. The first-order valence-corrected chi connectivity index (χ1v) is 5.54. The van der Waals surface area contributed by atoms with Crippen molar-refractivity contribution in [3.05, 3.63) is 11.6 Å². The summed E-state index contributed by atoms with van der Waals surface area (Å²) in [4.78, 5) is 0. The van der Waals surface area contributed by atoms with Gasteiger partial charge in [0, 0.05) is 11.8 Å². The quantitative estimate of drug-likeness (QED) is 0.290. The summed E-state index contributed by atoms with van der Waals surface area (Å²) in [5.41, 5.74) is 1.49. The third kappa shape index (κ3) is 7.88. The van der Waals surface area contributed by atoms with Crippen LogP contribution >= 0.6 is 15.9 Å². The van der Waals surface area contributed by atoms with Gasteiger partial charge in [0.25, 0.3) is 0 Å². The molecule has 0 atom stereocenters. The van der Waals surface area contributed by atoms with Gasteiger partial charge in [0.2, 0.25) is 0 Å². The van der Waals surface area contributed by atoms with E-state index in [0.29, 0.717) is 0 Å². The summed E-state index contributed by atoms with van der Waals surface area (Å²) >= 11 is 3.42. The Morgan fingerprint density at radius 1 is 1.50 bits per heavy atom. The second-order valence-electron chi connectivity index (χ2n) is 2.81. The SMILES string of the molecule is CC#CCCC=C(C)CCCBr. The largest absolute Gasteiger partial charge is 0.107 e. The fourth-order valence-electron chi connectivity index (χ4n) is 0.963. The monoisotopic (exact) mass is 228 g/mol. The molecular weight excluding hydrogens is 212 g/mol. The molecule has 0 nitrogen and oxygen atoms in total. The molecule has 68 valence electrons. The molecule has 0 aliphatic heterocycles. The predicted octanol–water partition coefficient (Wildman–Crippen LogP) is 3.91. The van der Waals surface area contributed by atoms with Crippen LogP contribution in [0.15, 0.2) is 11.6 Å². The number of rotatable bonds is 5. The van der Waals surface area contributed by atoms with E-state index in [9.17, 15) is 0 Å². The Bertz CT molecular complexity index is 181. The van der Waals surface area contributed by atoms with Gasteiger partial charge in [-0.1, -0.05) is 27.6 Å². The summed E-state index contributed by atoms with van der Waals surface area (Å²) in [7, 11) is 0. The molecule has 0 saturated carbocycles. The lowest BCUT2D eigenvalue weighted by Crippen LogP contribution is -1.79. The molecule has 0 radical (unpaired) electrons. The molecule has 12 heavy (non-hydrogen) atoms. The molecule has 0 N–H and O–H groups in total. The van der Waals surface area contributed by atoms with Crippen LogP contribution in [-0.2, 0) is 0 Å². The van der Waals surface area contributed by atoms with Crippen molar-refractivity contribution >= 4 is 15.9 Å². The fraction of sp³-hybridized carbons (Fsp3) is 0.636. The van der Waals surface area contributed by atoms with Gasteiger partial charge in [0.05, 0.1) is 0 Å². The summed E-state index contributed by atoms with van der Waals surface area (Å²) in [6.45, 7) is 4.09. The van der Waals surface area contributed by atoms with Gasteiger partial charge in [-0.25, -0.2) is 0 Å². The molecule has 0 unspecified atom stereocenters. The number of hydrogen-bond acceptors (Lipinski definition) is 0. The zero-order chi connectivity index (χ0) is 9.23. The van der Waals surface area contributed by atoms with Gasteiger partial charge in [0.1, 0.15) is 0 Å². The van der Waals surface area contributed by atoms with Crippen molar-refractivity contribution in [2.45, 2.75) is 39.5 Å². The van der Waals surface area contributed by atoms with Crippen LogP contribution in [0.3, 0.4) is 0 Å². The molecule has 0 aromatic rings. The molecule has 0 amide bonds. The molecule has 0 saturated heterocycles. The maximum Gasteiger partial charge on any atom is 0.0123 e. The van der Waals surface area contributed by atoms with Crippen LogP contribution < -0.4 is 0 Å². The number of halogens is 1. The second kappa shape index (κ2) is 8.87. The van der Waals surface area contributed by atoms with E-state index < -0.39 is 0 Å². The minimum Gasteiger partial charge on any atom is -0.107 e. The van der Waals surface area contributed by atoms with Crippen LogP contribution in [0.4, 0.5) is 0 Å². The first kappa shape index (κ1) is 11.8. The standard InChI is InChI=1S/C11H17Br/c1-3-4-5-6-8-11(2)9-7-10-12/h8H,5-7,9-10H2,1-2H3. The van der Waals surface area contributed by atoms with E-state index in [1.165, 1.54) is 18.4 Å². The van der Waals surface area contributed by atoms with Crippen molar-refractivity contribution in [3.8, 4) is 11.8 Å². The van der Waals surface area contributed by atoms with Crippen molar-refractivity contribution < 1.29 is 0 Å². The Balaban J connectivity index is 3.45. The normalized spacial score (nSPS) is 10.8. The predicted molar refractivity (Wildman–Crippen MR) is 59.5 cm³/mol. The van der Waals surface area contributed by atoms with Gasteiger partial charge in [-0.05, 0) is 33.1 Å². The van der Waals surface area contributed by atoms with Crippen LogP contribution in [0.2, 0.25) is 0 Å². The Morgan fingerprint density at radius 2 is 2.25 bits per heavy atom. The van der Waals surface area contributed by atoms with Gasteiger partial charge in [-0.3, -0.25) is 0 Å². The van der Waals surface area contributed by atoms with E-state index in [-0.39, 0.29) is 0 Å². The summed E-state index contributed by atoms with van der Waals surface area (Å²) in [6.07, 6.45) is 6.86. The highest BCUT2D eigenvalue weighted by atomic mass is 79.9. The van der Waals surface area contributed by atoms with Crippen molar-refractivity contribution in [1.82, 2.24) is 0 Å². The minimum atomic E-state index is 1.00. The third-order valence-electron chi connectivity index (χ3n) is 1.64. The van der Waals surface area contributed by atoms with E-state index in [0.717, 1.165) is 18.2 Å². The number of allylic oxidation sites excluding steroid dienone is 2. The lowest BCUT2D eigenvalue weighted by Gasteiger charge is -1.96. The number of unbranched alkanes of at least 4 members (excludes halogenated alkanes) is 1. The molecule has 0 aromatic heterocycles. The van der Waals surface area contributed by atoms with Gasteiger partial charge in [-0.15, -0.1) is 11.8 Å². The van der Waals surface area contributed by atoms with Gasteiger partial charge < -0.3 is 0 Å². The van der Waals surface area contributed by atoms with Crippen LogP contribution in [0.5, 0.6) is 0 Å².